The van der Waals surface area contributed by atoms with Crippen LogP contribution in [0.5, 0.6) is 0 Å². The largest absolute Gasteiger partial charge is 0.377 e. The van der Waals surface area contributed by atoms with Crippen molar-refractivity contribution in [2.75, 3.05) is 11.9 Å². The third-order valence-corrected chi connectivity index (χ3v) is 3.51. The average molecular weight is 267 g/mol. The van der Waals surface area contributed by atoms with Crippen molar-refractivity contribution in [1.29, 1.82) is 0 Å². The Morgan fingerprint density at radius 3 is 2.35 bits per heavy atom. The van der Waals surface area contributed by atoms with Gasteiger partial charge in [0.05, 0.1) is 6.54 Å². The molecule has 2 aromatic carbocycles. The molecule has 2 aromatic rings. The highest BCUT2D eigenvalue weighted by atomic mass is 16.1. The Kier molecular flexibility index (Phi) is 4.57. The highest BCUT2D eigenvalue weighted by molar-refractivity contribution is 5.99. The Balaban J connectivity index is 2.00. The van der Waals surface area contributed by atoms with E-state index in [0.717, 1.165) is 17.7 Å². The molecule has 0 bridgehead atoms. The molecule has 0 aliphatic heterocycles. The molecule has 0 spiro atoms. The van der Waals surface area contributed by atoms with Gasteiger partial charge in [0.25, 0.3) is 0 Å². The van der Waals surface area contributed by atoms with Gasteiger partial charge in [-0.25, -0.2) is 0 Å². The molecule has 0 unspecified atom stereocenters. The molecule has 1 N–H and O–H groups in total. The van der Waals surface area contributed by atoms with Crippen LogP contribution in [-0.2, 0) is 6.42 Å². The zero-order valence-corrected chi connectivity index (χ0v) is 12.4. The standard InChI is InChI=1S/C18H21NO/c1-4-15-6-8-16(9-7-15)18(20)12-19-17-10-5-13(2)11-14(17)3/h5-11,19H,4,12H2,1-3H3. The van der Waals surface area contributed by atoms with Crippen LogP contribution in [0.1, 0.15) is 34.0 Å². The topological polar surface area (TPSA) is 29.1 Å². The Morgan fingerprint density at radius 1 is 1.05 bits per heavy atom. The van der Waals surface area contributed by atoms with Crippen LogP contribution in [0.15, 0.2) is 42.5 Å². The quantitative estimate of drug-likeness (QED) is 0.824. The van der Waals surface area contributed by atoms with E-state index in [2.05, 4.69) is 38.2 Å². The fraction of sp³-hybridized carbons (Fsp3) is 0.278. The number of ketones is 1. The summed E-state index contributed by atoms with van der Waals surface area (Å²) in [6, 6.07) is 14.0. The van der Waals surface area contributed by atoms with Crippen LogP contribution in [-0.4, -0.2) is 12.3 Å². The van der Waals surface area contributed by atoms with Crippen LogP contribution >= 0.6 is 0 Å². The van der Waals surface area contributed by atoms with Gasteiger partial charge in [0.1, 0.15) is 0 Å². The molecule has 104 valence electrons. The zero-order chi connectivity index (χ0) is 14.5. The van der Waals surface area contributed by atoms with Gasteiger partial charge in [-0.3, -0.25) is 4.79 Å². The highest BCUT2D eigenvalue weighted by Gasteiger charge is 2.06. The van der Waals surface area contributed by atoms with Gasteiger partial charge in [0, 0.05) is 11.3 Å². The van der Waals surface area contributed by atoms with E-state index in [1.807, 2.05) is 30.3 Å². The molecule has 0 fully saturated rings. The van der Waals surface area contributed by atoms with Gasteiger partial charge < -0.3 is 5.32 Å². The van der Waals surface area contributed by atoms with E-state index >= 15 is 0 Å². The molecule has 0 aliphatic carbocycles. The number of rotatable bonds is 5. The van der Waals surface area contributed by atoms with Crippen LogP contribution in [0.3, 0.4) is 0 Å². The first-order valence-electron chi connectivity index (χ1n) is 7.03. The van der Waals surface area contributed by atoms with Crippen molar-refractivity contribution in [1.82, 2.24) is 0 Å². The third-order valence-electron chi connectivity index (χ3n) is 3.51. The second-order valence-corrected chi connectivity index (χ2v) is 5.15. The zero-order valence-electron chi connectivity index (χ0n) is 12.4. The van der Waals surface area contributed by atoms with Gasteiger partial charge in [0.15, 0.2) is 5.78 Å². The number of carbonyl (C=O) groups is 1. The summed E-state index contributed by atoms with van der Waals surface area (Å²) in [7, 11) is 0. The summed E-state index contributed by atoms with van der Waals surface area (Å²) in [5, 5.41) is 3.22. The summed E-state index contributed by atoms with van der Waals surface area (Å²) < 4.78 is 0. The first-order valence-corrected chi connectivity index (χ1v) is 7.03. The first-order chi connectivity index (χ1) is 9.60. The lowest BCUT2D eigenvalue weighted by atomic mass is 10.1. The van der Waals surface area contributed by atoms with Crippen LogP contribution < -0.4 is 5.32 Å². The van der Waals surface area contributed by atoms with Crippen molar-refractivity contribution >= 4 is 11.5 Å². The molecule has 0 aromatic heterocycles. The Bertz CT molecular complexity index is 599. The summed E-state index contributed by atoms with van der Waals surface area (Å²) >= 11 is 0. The Labute approximate surface area is 120 Å². The van der Waals surface area contributed by atoms with E-state index in [-0.39, 0.29) is 5.78 Å². The average Bonchev–Trinajstić information content (AvgIpc) is 2.46. The van der Waals surface area contributed by atoms with Gasteiger partial charge in [0.2, 0.25) is 0 Å². The summed E-state index contributed by atoms with van der Waals surface area (Å²) in [6.07, 6.45) is 0.995. The molecule has 0 atom stereocenters. The van der Waals surface area contributed by atoms with Gasteiger partial charge in [-0.05, 0) is 37.5 Å². The summed E-state index contributed by atoms with van der Waals surface area (Å²) in [4.78, 5) is 12.1. The van der Waals surface area contributed by atoms with E-state index in [0.29, 0.717) is 6.54 Å². The summed E-state index contributed by atoms with van der Waals surface area (Å²) in [6.45, 7) is 6.56. The summed E-state index contributed by atoms with van der Waals surface area (Å²) in [5.41, 5.74) is 5.44. The maximum absolute atomic E-state index is 12.1. The van der Waals surface area contributed by atoms with Gasteiger partial charge in [-0.15, -0.1) is 0 Å². The lowest BCUT2D eigenvalue weighted by molar-refractivity contribution is 0.101. The second-order valence-electron chi connectivity index (χ2n) is 5.15. The second kappa shape index (κ2) is 6.38. The molecule has 0 aliphatic rings. The van der Waals surface area contributed by atoms with E-state index in [9.17, 15) is 4.79 Å². The minimum Gasteiger partial charge on any atom is -0.377 e. The number of benzene rings is 2. The molecule has 0 saturated carbocycles. The summed E-state index contributed by atoms with van der Waals surface area (Å²) in [5.74, 6) is 0.118. The van der Waals surface area contributed by atoms with Crippen LogP contribution in [0.25, 0.3) is 0 Å². The number of anilines is 1. The Morgan fingerprint density at radius 2 is 1.75 bits per heavy atom. The van der Waals surface area contributed by atoms with Crippen molar-refractivity contribution in [3.05, 3.63) is 64.7 Å². The van der Waals surface area contributed by atoms with Crippen molar-refractivity contribution in [2.45, 2.75) is 27.2 Å². The van der Waals surface area contributed by atoms with E-state index < -0.39 is 0 Å². The molecule has 20 heavy (non-hydrogen) atoms. The molecule has 0 amide bonds. The molecule has 0 heterocycles. The number of carbonyl (C=O) groups excluding carboxylic acids is 1. The number of hydrogen-bond acceptors (Lipinski definition) is 2. The fourth-order valence-electron chi connectivity index (χ4n) is 2.22. The van der Waals surface area contributed by atoms with Crippen molar-refractivity contribution < 1.29 is 4.79 Å². The fourth-order valence-corrected chi connectivity index (χ4v) is 2.22. The maximum Gasteiger partial charge on any atom is 0.181 e. The highest BCUT2D eigenvalue weighted by Crippen LogP contribution is 2.16. The van der Waals surface area contributed by atoms with E-state index in [1.54, 1.807) is 0 Å². The van der Waals surface area contributed by atoms with Gasteiger partial charge in [-0.1, -0.05) is 48.9 Å². The van der Waals surface area contributed by atoms with Crippen molar-refractivity contribution in [2.24, 2.45) is 0 Å². The van der Waals surface area contributed by atoms with Crippen LogP contribution in [0, 0.1) is 13.8 Å². The number of aryl methyl sites for hydroxylation is 3. The van der Waals surface area contributed by atoms with E-state index in [1.165, 1.54) is 16.7 Å². The molecular weight excluding hydrogens is 246 g/mol. The molecule has 2 rings (SSSR count). The van der Waals surface area contributed by atoms with Gasteiger partial charge in [-0.2, -0.15) is 0 Å². The van der Waals surface area contributed by atoms with Crippen molar-refractivity contribution in [3.8, 4) is 0 Å². The third kappa shape index (κ3) is 3.47. The maximum atomic E-state index is 12.1. The molecule has 2 nitrogen and oxygen atoms in total. The number of Topliss-reactive ketones (excluding diaryl/α,β-unsaturated/α-hetero) is 1. The monoisotopic (exact) mass is 267 g/mol. The van der Waals surface area contributed by atoms with Crippen molar-refractivity contribution in [3.63, 3.8) is 0 Å². The first kappa shape index (κ1) is 14.3. The minimum atomic E-state index is 0.118. The minimum absolute atomic E-state index is 0.118. The predicted molar refractivity (Wildman–Crippen MR) is 84.6 cm³/mol. The Hall–Kier alpha value is -2.09. The number of nitrogens with one attached hydrogen (secondary N) is 1. The van der Waals surface area contributed by atoms with Gasteiger partial charge >= 0.3 is 0 Å². The molecule has 0 saturated heterocycles. The smallest absolute Gasteiger partial charge is 0.181 e. The lowest BCUT2D eigenvalue weighted by Gasteiger charge is -2.10. The molecule has 0 radical (unpaired) electrons. The molecular formula is C18H21NO. The molecule has 2 heteroatoms. The predicted octanol–water partition coefficient (Wildman–Crippen LogP) is 4.16. The normalized spacial score (nSPS) is 10.3. The van der Waals surface area contributed by atoms with Crippen LogP contribution in [0.4, 0.5) is 5.69 Å². The van der Waals surface area contributed by atoms with E-state index in [4.69, 9.17) is 0 Å². The lowest BCUT2D eigenvalue weighted by Crippen LogP contribution is -2.14. The number of hydrogen-bond donors (Lipinski definition) is 1. The SMILES string of the molecule is CCc1ccc(C(=O)CNc2ccc(C)cc2C)cc1. The van der Waals surface area contributed by atoms with Crippen LogP contribution in [0.2, 0.25) is 0 Å².